The van der Waals surface area contributed by atoms with Crippen molar-refractivity contribution in [3.63, 3.8) is 0 Å². The second-order valence-corrected chi connectivity index (χ2v) is 4.40. The van der Waals surface area contributed by atoms with Gasteiger partial charge >= 0.3 is 5.97 Å². The maximum Gasteiger partial charge on any atom is 0.338 e. The van der Waals surface area contributed by atoms with E-state index in [1.807, 2.05) is 0 Å². The molecule has 3 nitrogen and oxygen atoms in total. The van der Waals surface area contributed by atoms with E-state index in [9.17, 15) is 4.79 Å². The van der Waals surface area contributed by atoms with Crippen LogP contribution in [0.5, 0.6) is 0 Å². The van der Waals surface area contributed by atoms with Gasteiger partial charge in [-0.05, 0) is 24.6 Å². The Kier molecular flexibility index (Phi) is 2.41. The number of carboxylic acid groups (broad SMARTS) is 1. The van der Waals surface area contributed by atoms with Gasteiger partial charge in [0.05, 0.1) is 10.0 Å². The number of hydrogen-bond acceptors (Lipinski definition) is 2. The van der Waals surface area contributed by atoms with Crippen LogP contribution in [-0.2, 0) is 9.53 Å². The van der Waals surface area contributed by atoms with E-state index in [0.717, 1.165) is 5.56 Å². The number of hydrogen-bond donors (Lipinski definition) is 1. The zero-order valence-corrected chi connectivity index (χ0v) is 9.34. The lowest BCUT2D eigenvalue weighted by Gasteiger charge is -2.01. The highest BCUT2D eigenvalue weighted by atomic mass is 35.5. The van der Waals surface area contributed by atoms with Crippen molar-refractivity contribution in [2.24, 2.45) is 0 Å². The minimum atomic E-state index is -1.13. The number of carbonyl (C=O) groups is 1. The van der Waals surface area contributed by atoms with Crippen LogP contribution in [0.25, 0.3) is 0 Å². The molecule has 1 aliphatic rings. The standard InChI is InChI=1S/C10H8Cl2O3/c1-10(9(13)14)8(15-10)5-2-3-6(11)7(12)4-5/h2-4,8H,1H3,(H,13,14). The van der Waals surface area contributed by atoms with Gasteiger partial charge in [-0.15, -0.1) is 0 Å². The molecule has 1 saturated heterocycles. The first-order chi connectivity index (χ1) is 6.95. The Bertz CT molecular complexity index is 433. The molecule has 0 aliphatic carbocycles. The smallest absolute Gasteiger partial charge is 0.338 e. The fraction of sp³-hybridized carbons (Fsp3) is 0.300. The highest BCUT2D eigenvalue weighted by Gasteiger charge is 2.59. The molecular formula is C10H8Cl2O3. The fourth-order valence-corrected chi connectivity index (χ4v) is 1.74. The third kappa shape index (κ3) is 1.71. The van der Waals surface area contributed by atoms with Crippen molar-refractivity contribution in [2.45, 2.75) is 18.6 Å². The molecule has 0 bridgehead atoms. The maximum atomic E-state index is 10.8. The molecule has 1 aromatic carbocycles. The van der Waals surface area contributed by atoms with Crippen LogP contribution >= 0.6 is 23.2 Å². The third-order valence-electron chi connectivity index (χ3n) is 2.48. The molecule has 0 saturated carbocycles. The summed E-state index contributed by atoms with van der Waals surface area (Å²) >= 11 is 11.6. The van der Waals surface area contributed by atoms with Crippen molar-refractivity contribution >= 4 is 29.2 Å². The first-order valence-electron chi connectivity index (χ1n) is 4.31. The van der Waals surface area contributed by atoms with Crippen LogP contribution in [0.15, 0.2) is 18.2 Å². The summed E-state index contributed by atoms with van der Waals surface area (Å²) in [7, 11) is 0. The van der Waals surface area contributed by atoms with Gasteiger partial charge in [-0.1, -0.05) is 29.3 Å². The van der Waals surface area contributed by atoms with Gasteiger partial charge in [0.1, 0.15) is 6.10 Å². The molecule has 0 aromatic heterocycles. The molecule has 2 atom stereocenters. The van der Waals surface area contributed by atoms with Crippen LogP contribution in [0.4, 0.5) is 0 Å². The lowest BCUT2D eigenvalue weighted by Crippen LogP contribution is -2.20. The summed E-state index contributed by atoms with van der Waals surface area (Å²) in [6.45, 7) is 1.53. The maximum absolute atomic E-state index is 10.8. The van der Waals surface area contributed by atoms with E-state index in [-0.39, 0.29) is 0 Å². The first-order valence-corrected chi connectivity index (χ1v) is 5.07. The van der Waals surface area contributed by atoms with E-state index in [0.29, 0.717) is 10.0 Å². The van der Waals surface area contributed by atoms with E-state index in [1.54, 1.807) is 18.2 Å². The largest absolute Gasteiger partial charge is 0.479 e. The number of carboxylic acids is 1. The third-order valence-corrected chi connectivity index (χ3v) is 3.22. The number of rotatable bonds is 2. The summed E-state index contributed by atoms with van der Waals surface area (Å²) in [6.07, 6.45) is -0.440. The lowest BCUT2D eigenvalue weighted by atomic mass is 10.0. The molecule has 0 spiro atoms. The molecular weight excluding hydrogens is 239 g/mol. The van der Waals surface area contributed by atoms with Crippen LogP contribution in [0, 0.1) is 0 Å². The number of benzene rings is 1. The van der Waals surface area contributed by atoms with Crippen LogP contribution in [-0.4, -0.2) is 16.7 Å². The molecule has 5 heteroatoms. The van der Waals surface area contributed by atoms with Crippen molar-refractivity contribution in [3.8, 4) is 0 Å². The Hall–Kier alpha value is -0.770. The molecule has 2 unspecified atom stereocenters. The lowest BCUT2D eigenvalue weighted by molar-refractivity contribution is -0.142. The number of epoxide rings is 1. The molecule has 0 radical (unpaired) electrons. The van der Waals surface area contributed by atoms with Crippen molar-refractivity contribution < 1.29 is 14.6 Å². The van der Waals surface area contributed by atoms with E-state index in [2.05, 4.69) is 0 Å². The van der Waals surface area contributed by atoms with E-state index >= 15 is 0 Å². The zero-order chi connectivity index (χ0) is 11.2. The average molecular weight is 247 g/mol. The average Bonchev–Trinajstić information content (AvgIpc) is 2.85. The normalized spacial score (nSPS) is 28.9. The highest BCUT2D eigenvalue weighted by Crippen LogP contribution is 2.50. The van der Waals surface area contributed by atoms with Gasteiger partial charge in [-0.2, -0.15) is 0 Å². The fourth-order valence-electron chi connectivity index (χ4n) is 1.43. The van der Waals surface area contributed by atoms with Gasteiger partial charge in [-0.25, -0.2) is 4.79 Å². The molecule has 1 fully saturated rings. The monoisotopic (exact) mass is 246 g/mol. The van der Waals surface area contributed by atoms with Gasteiger partial charge in [0.25, 0.3) is 0 Å². The summed E-state index contributed by atoms with van der Waals surface area (Å²) in [6, 6.07) is 4.97. The summed E-state index contributed by atoms with van der Waals surface area (Å²) in [5.74, 6) is -0.974. The second kappa shape index (κ2) is 3.37. The minimum absolute atomic E-state index is 0.400. The van der Waals surface area contributed by atoms with Crippen LogP contribution in [0.2, 0.25) is 10.0 Å². The van der Waals surface area contributed by atoms with Crippen molar-refractivity contribution in [1.82, 2.24) is 0 Å². The molecule has 1 heterocycles. The summed E-state index contributed by atoms with van der Waals surface area (Å²) in [4.78, 5) is 10.8. The van der Waals surface area contributed by atoms with E-state index in [4.69, 9.17) is 33.0 Å². The predicted molar refractivity (Wildman–Crippen MR) is 56.3 cm³/mol. The topological polar surface area (TPSA) is 49.8 Å². The van der Waals surface area contributed by atoms with Gasteiger partial charge < -0.3 is 9.84 Å². The van der Waals surface area contributed by atoms with Gasteiger partial charge in [0, 0.05) is 0 Å². The summed E-state index contributed by atoms with van der Waals surface area (Å²) < 4.78 is 5.15. The Labute approximate surface area is 96.6 Å². The molecule has 15 heavy (non-hydrogen) atoms. The minimum Gasteiger partial charge on any atom is -0.479 e. The molecule has 2 rings (SSSR count). The van der Waals surface area contributed by atoms with Gasteiger partial charge in [0.15, 0.2) is 5.60 Å². The molecule has 1 aromatic rings. The first kappa shape index (κ1) is 10.7. The molecule has 1 N–H and O–H groups in total. The predicted octanol–water partition coefficient (Wildman–Crippen LogP) is 2.91. The highest BCUT2D eigenvalue weighted by molar-refractivity contribution is 6.42. The second-order valence-electron chi connectivity index (χ2n) is 3.58. The van der Waals surface area contributed by atoms with Gasteiger partial charge in [0.2, 0.25) is 0 Å². The van der Waals surface area contributed by atoms with Crippen LogP contribution in [0.1, 0.15) is 18.6 Å². The Morgan fingerprint density at radius 2 is 2.13 bits per heavy atom. The number of ether oxygens (including phenoxy) is 1. The van der Waals surface area contributed by atoms with Crippen molar-refractivity contribution in [2.75, 3.05) is 0 Å². The number of halogens is 2. The Morgan fingerprint density at radius 1 is 1.47 bits per heavy atom. The quantitative estimate of drug-likeness (QED) is 0.817. The Morgan fingerprint density at radius 3 is 2.60 bits per heavy atom. The van der Waals surface area contributed by atoms with Gasteiger partial charge in [-0.3, -0.25) is 0 Å². The van der Waals surface area contributed by atoms with E-state index in [1.165, 1.54) is 6.92 Å². The van der Waals surface area contributed by atoms with E-state index < -0.39 is 17.7 Å². The van der Waals surface area contributed by atoms with Crippen molar-refractivity contribution in [1.29, 1.82) is 0 Å². The molecule has 1 aliphatic heterocycles. The van der Waals surface area contributed by atoms with Crippen LogP contribution < -0.4 is 0 Å². The summed E-state index contributed by atoms with van der Waals surface area (Å²) in [5, 5.41) is 9.73. The zero-order valence-electron chi connectivity index (χ0n) is 7.83. The van der Waals surface area contributed by atoms with Crippen molar-refractivity contribution in [3.05, 3.63) is 33.8 Å². The summed E-state index contributed by atoms with van der Waals surface area (Å²) in [5.41, 5.74) is -0.397. The number of aliphatic carboxylic acids is 1. The molecule has 0 amide bonds. The SMILES string of the molecule is CC1(C(=O)O)OC1c1ccc(Cl)c(Cl)c1. The van der Waals surface area contributed by atoms with Crippen LogP contribution in [0.3, 0.4) is 0 Å². The Balaban J connectivity index is 2.27. The molecule has 80 valence electrons.